The maximum absolute atomic E-state index is 13.7. The van der Waals surface area contributed by atoms with Gasteiger partial charge in [0.2, 0.25) is 0 Å². The first kappa shape index (κ1) is 30.6. The fourth-order valence-electron chi connectivity index (χ4n) is 5.04. The SMILES string of the molecule is C=Cc1cccc(CNCC(O)C(Cc2ccccc2)NC(=O)c2cc(NCC)cc(N3CCCCS3(O)O)c2)c1. The van der Waals surface area contributed by atoms with E-state index < -0.39 is 22.9 Å². The molecule has 6 N–H and O–H groups in total. The van der Waals surface area contributed by atoms with Gasteiger partial charge in [-0.1, -0.05) is 67.3 Å². The molecule has 3 aromatic carbocycles. The van der Waals surface area contributed by atoms with Gasteiger partial charge in [0.05, 0.1) is 23.6 Å². The molecule has 0 spiro atoms. The summed E-state index contributed by atoms with van der Waals surface area (Å²) >= 11 is 0. The van der Waals surface area contributed by atoms with E-state index in [4.69, 9.17) is 0 Å². The Bertz CT molecular complexity index is 1300. The predicted molar refractivity (Wildman–Crippen MR) is 171 cm³/mol. The summed E-state index contributed by atoms with van der Waals surface area (Å²) in [4.78, 5) is 13.7. The minimum absolute atomic E-state index is 0.285. The smallest absolute Gasteiger partial charge is 0.251 e. The van der Waals surface area contributed by atoms with Crippen molar-refractivity contribution in [1.29, 1.82) is 0 Å². The van der Waals surface area contributed by atoms with Crippen LogP contribution in [0.2, 0.25) is 0 Å². The normalized spacial score (nSPS) is 16.8. The van der Waals surface area contributed by atoms with Crippen molar-refractivity contribution in [2.45, 2.75) is 44.9 Å². The van der Waals surface area contributed by atoms with Crippen LogP contribution in [0.1, 0.15) is 46.8 Å². The number of aliphatic hydroxyl groups is 1. The van der Waals surface area contributed by atoms with Gasteiger partial charge in [0.25, 0.3) is 5.91 Å². The van der Waals surface area contributed by atoms with Crippen LogP contribution in [-0.2, 0) is 13.0 Å². The van der Waals surface area contributed by atoms with Crippen LogP contribution < -0.4 is 20.3 Å². The Morgan fingerprint density at radius 3 is 2.56 bits per heavy atom. The Morgan fingerprint density at radius 1 is 1.05 bits per heavy atom. The molecule has 0 aliphatic carbocycles. The van der Waals surface area contributed by atoms with Crippen LogP contribution in [0.15, 0.2) is 79.4 Å². The minimum atomic E-state index is -2.95. The summed E-state index contributed by atoms with van der Waals surface area (Å²) in [5.74, 6) is -0.0194. The molecule has 1 amide bonds. The Morgan fingerprint density at radius 2 is 1.83 bits per heavy atom. The molecule has 1 fully saturated rings. The van der Waals surface area contributed by atoms with Gasteiger partial charge in [0.1, 0.15) is 0 Å². The lowest BCUT2D eigenvalue weighted by atomic mass is 10.00. The van der Waals surface area contributed by atoms with Crippen molar-refractivity contribution >= 4 is 34.1 Å². The number of nitrogens with zero attached hydrogens (tertiary/aromatic N) is 1. The summed E-state index contributed by atoms with van der Waals surface area (Å²) < 4.78 is 23.0. The summed E-state index contributed by atoms with van der Waals surface area (Å²) in [7, 11) is -2.95. The zero-order chi connectivity index (χ0) is 29.2. The number of rotatable bonds is 13. The van der Waals surface area contributed by atoms with E-state index in [2.05, 4.69) is 22.5 Å². The van der Waals surface area contributed by atoms with E-state index in [0.29, 0.717) is 43.1 Å². The van der Waals surface area contributed by atoms with E-state index in [1.807, 2.05) is 67.6 Å². The van der Waals surface area contributed by atoms with Crippen LogP contribution >= 0.6 is 10.8 Å². The van der Waals surface area contributed by atoms with Crippen LogP contribution in [0.25, 0.3) is 6.08 Å². The van der Waals surface area contributed by atoms with Gasteiger partial charge < -0.3 is 21.1 Å². The Hall–Kier alpha value is -3.34. The molecule has 0 bridgehead atoms. The second-order valence-corrected chi connectivity index (χ2v) is 12.5. The van der Waals surface area contributed by atoms with Gasteiger partial charge >= 0.3 is 0 Å². The number of anilines is 2. The number of benzene rings is 3. The zero-order valence-electron chi connectivity index (χ0n) is 23.6. The molecule has 41 heavy (non-hydrogen) atoms. The molecule has 2 atom stereocenters. The topological polar surface area (TPSA) is 117 Å². The van der Waals surface area contributed by atoms with E-state index in [-0.39, 0.29) is 12.5 Å². The van der Waals surface area contributed by atoms with Gasteiger partial charge in [0.15, 0.2) is 0 Å². The number of carbonyl (C=O) groups excluding carboxylic acids is 1. The van der Waals surface area contributed by atoms with E-state index in [9.17, 15) is 19.0 Å². The molecule has 1 aliphatic heterocycles. The third-order valence-corrected chi connectivity index (χ3v) is 9.12. The van der Waals surface area contributed by atoms with E-state index in [1.165, 1.54) is 0 Å². The average molecular weight is 579 g/mol. The van der Waals surface area contributed by atoms with Gasteiger partial charge in [-0.2, -0.15) is 0 Å². The van der Waals surface area contributed by atoms with Crippen molar-refractivity contribution in [1.82, 2.24) is 10.6 Å². The van der Waals surface area contributed by atoms with Crippen molar-refractivity contribution in [3.63, 3.8) is 0 Å². The molecule has 4 rings (SSSR count). The lowest BCUT2D eigenvalue weighted by Gasteiger charge is -2.47. The first-order valence-electron chi connectivity index (χ1n) is 14.2. The highest BCUT2D eigenvalue weighted by Crippen LogP contribution is 2.50. The van der Waals surface area contributed by atoms with Crippen LogP contribution in [0.3, 0.4) is 0 Å². The summed E-state index contributed by atoms with van der Waals surface area (Å²) in [6.07, 6.45) is 3.00. The Labute approximate surface area is 245 Å². The van der Waals surface area contributed by atoms with Crippen LogP contribution in [0.4, 0.5) is 11.4 Å². The van der Waals surface area contributed by atoms with Gasteiger partial charge in [0, 0.05) is 37.4 Å². The summed E-state index contributed by atoms with van der Waals surface area (Å²) in [6, 6.07) is 22.5. The summed E-state index contributed by atoms with van der Waals surface area (Å²) in [5.41, 5.74) is 4.81. The molecule has 9 heteroatoms. The first-order chi connectivity index (χ1) is 19.8. The maximum atomic E-state index is 13.7. The van der Waals surface area contributed by atoms with Crippen molar-refractivity contribution in [3.8, 4) is 0 Å². The number of nitrogens with one attached hydrogen (secondary N) is 3. The molecule has 0 radical (unpaired) electrons. The predicted octanol–water partition coefficient (Wildman–Crippen LogP) is 5.52. The van der Waals surface area contributed by atoms with Gasteiger partial charge in [-0.25, -0.2) is 0 Å². The first-order valence-corrected chi connectivity index (χ1v) is 15.8. The molecule has 8 nitrogen and oxygen atoms in total. The van der Waals surface area contributed by atoms with Crippen LogP contribution in [-0.4, -0.2) is 57.7 Å². The van der Waals surface area contributed by atoms with E-state index in [1.54, 1.807) is 22.5 Å². The summed E-state index contributed by atoms with van der Waals surface area (Å²) in [5, 5.41) is 20.9. The standard InChI is InChI=1S/C32H42N4O4S/c1-3-24-13-10-14-26(17-24)22-33-23-31(37)30(18-25-11-6-5-7-12-25)35-32(38)27-19-28(34-4-2)21-29(20-27)36-15-8-9-16-41(36,39)40/h3,5-7,10-14,17,19-21,30-31,33-34,37,39-40H,1,4,8-9,15-16,18,22-23H2,2H3,(H,35,38). The van der Waals surface area contributed by atoms with Crippen molar-refractivity contribution in [2.24, 2.45) is 0 Å². The van der Waals surface area contributed by atoms with Gasteiger partial charge in [-0.15, -0.1) is 10.8 Å². The quantitative estimate of drug-likeness (QED) is 0.158. The maximum Gasteiger partial charge on any atom is 0.251 e. The van der Waals surface area contributed by atoms with E-state index >= 15 is 0 Å². The highest BCUT2D eigenvalue weighted by atomic mass is 32.3. The fourth-order valence-corrected chi connectivity index (χ4v) is 6.71. The van der Waals surface area contributed by atoms with E-state index in [0.717, 1.165) is 35.2 Å². The molecular formula is C32H42N4O4S. The Balaban J connectivity index is 1.52. The van der Waals surface area contributed by atoms with Crippen molar-refractivity contribution < 1.29 is 19.0 Å². The van der Waals surface area contributed by atoms with Crippen LogP contribution in [0, 0.1) is 0 Å². The number of hydrogen-bond acceptors (Lipinski definition) is 7. The third-order valence-electron chi connectivity index (χ3n) is 7.18. The second-order valence-electron chi connectivity index (χ2n) is 10.4. The lowest BCUT2D eigenvalue weighted by Crippen LogP contribution is -2.48. The average Bonchev–Trinajstić information content (AvgIpc) is 2.97. The van der Waals surface area contributed by atoms with Crippen molar-refractivity contribution in [3.05, 3.63) is 102 Å². The lowest BCUT2D eigenvalue weighted by molar-refractivity contribution is 0.0830. The number of carbonyl (C=O) groups is 1. The molecule has 2 unspecified atom stereocenters. The van der Waals surface area contributed by atoms with Gasteiger partial charge in [-0.3, -0.25) is 18.2 Å². The molecule has 1 saturated heterocycles. The number of hydrogen-bond donors (Lipinski definition) is 6. The Kier molecular flexibility index (Phi) is 10.8. The van der Waals surface area contributed by atoms with Gasteiger partial charge in [-0.05, 0) is 61.1 Å². The number of amides is 1. The molecule has 220 valence electrons. The summed E-state index contributed by atoms with van der Waals surface area (Å²) in [6.45, 7) is 7.80. The fraction of sp³-hybridized carbons (Fsp3) is 0.344. The highest BCUT2D eigenvalue weighted by molar-refractivity contribution is 8.25. The molecule has 0 aromatic heterocycles. The minimum Gasteiger partial charge on any atom is -0.390 e. The van der Waals surface area contributed by atoms with Crippen LogP contribution in [0.5, 0.6) is 0 Å². The molecule has 0 saturated carbocycles. The second kappa shape index (κ2) is 14.5. The largest absolute Gasteiger partial charge is 0.390 e. The van der Waals surface area contributed by atoms with Crippen molar-refractivity contribution in [2.75, 3.05) is 35.0 Å². The zero-order valence-corrected chi connectivity index (χ0v) is 24.4. The highest BCUT2D eigenvalue weighted by Gasteiger charge is 2.28. The molecular weight excluding hydrogens is 536 g/mol. The number of aliphatic hydroxyl groups excluding tert-OH is 1. The molecule has 1 heterocycles. The molecule has 1 aliphatic rings. The third kappa shape index (κ3) is 8.58. The monoisotopic (exact) mass is 578 g/mol. The molecule has 3 aromatic rings.